The first-order chi connectivity index (χ1) is 10.9. The number of fused-ring (bicyclic) bond motifs is 1. The molecule has 8 heteroatoms. The summed E-state index contributed by atoms with van der Waals surface area (Å²) < 4.78 is 4.90. The van der Waals surface area contributed by atoms with Gasteiger partial charge in [-0.15, -0.1) is 0 Å². The first-order valence-electron chi connectivity index (χ1n) is 7.92. The minimum atomic E-state index is -0.769. The van der Waals surface area contributed by atoms with Gasteiger partial charge in [-0.3, -0.25) is 19.8 Å². The average molecular weight is 327 g/mol. The highest BCUT2D eigenvalue weighted by Crippen LogP contribution is 2.48. The fourth-order valence-corrected chi connectivity index (χ4v) is 3.78. The summed E-state index contributed by atoms with van der Waals surface area (Å²) in [5, 5.41) is 14.4. The number of nitrogens with one attached hydrogen (secondary N) is 2. The average Bonchev–Trinajstić information content (AvgIpc) is 2.95. The normalized spacial score (nSPS) is 28.2. The van der Waals surface area contributed by atoms with Crippen LogP contribution in [0.1, 0.15) is 26.2 Å². The molecule has 0 spiro atoms. The Morgan fingerprint density at radius 1 is 1.43 bits per heavy atom. The van der Waals surface area contributed by atoms with Gasteiger partial charge in [-0.1, -0.05) is 6.42 Å². The zero-order valence-corrected chi connectivity index (χ0v) is 13.6. The van der Waals surface area contributed by atoms with E-state index in [1.807, 2.05) is 4.90 Å². The van der Waals surface area contributed by atoms with Crippen LogP contribution in [0.3, 0.4) is 0 Å². The third-order valence-electron chi connectivity index (χ3n) is 4.78. The van der Waals surface area contributed by atoms with Gasteiger partial charge in [-0.25, -0.2) is 4.79 Å². The molecule has 23 heavy (non-hydrogen) atoms. The van der Waals surface area contributed by atoms with Crippen LogP contribution in [0.25, 0.3) is 0 Å². The summed E-state index contributed by atoms with van der Waals surface area (Å²) in [6.07, 6.45) is 2.48. The third kappa shape index (κ3) is 4.00. The summed E-state index contributed by atoms with van der Waals surface area (Å²) in [6.45, 7) is 3.14. The smallest absolute Gasteiger partial charge is 0.321 e. The van der Waals surface area contributed by atoms with Crippen molar-refractivity contribution in [2.24, 2.45) is 11.3 Å². The van der Waals surface area contributed by atoms with Crippen LogP contribution < -0.4 is 10.6 Å². The second kappa shape index (κ2) is 7.27. The number of amides is 3. The van der Waals surface area contributed by atoms with Gasteiger partial charge in [0, 0.05) is 20.2 Å². The van der Waals surface area contributed by atoms with E-state index < -0.39 is 23.3 Å². The lowest BCUT2D eigenvalue weighted by Gasteiger charge is -2.23. The molecule has 0 aromatic heterocycles. The van der Waals surface area contributed by atoms with Crippen molar-refractivity contribution >= 4 is 17.9 Å². The summed E-state index contributed by atoms with van der Waals surface area (Å²) in [5.74, 6) is -1.09. The Kier molecular flexibility index (Phi) is 5.59. The molecule has 0 radical (unpaired) electrons. The molecule has 8 nitrogen and oxygen atoms in total. The van der Waals surface area contributed by atoms with E-state index in [4.69, 9.17) is 4.74 Å². The number of carboxylic acid groups (broad SMARTS) is 1. The minimum absolute atomic E-state index is 0.0393. The predicted octanol–water partition coefficient (Wildman–Crippen LogP) is 0.0338. The van der Waals surface area contributed by atoms with E-state index in [1.165, 1.54) is 7.11 Å². The van der Waals surface area contributed by atoms with Gasteiger partial charge in [-0.2, -0.15) is 0 Å². The molecule has 2 aliphatic rings. The topological polar surface area (TPSA) is 108 Å². The Balaban J connectivity index is 1.81. The second-order valence-electron chi connectivity index (χ2n) is 6.60. The van der Waals surface area contributed by atoms with Crippen LogP contribution in [0.4, 0.5) is 4.79 Å². The van der Waals surface area contributed by atoms with Gasteiger partial charge < -0.3 is 15.2 Å². The van der Waals surface area contributed by atoms with E-state index in [2.05, 4.69) is 10.6 Å². The number of hydrogen-bond donors (Lipinski definition) is 3. The summed E-state index contributed by atoms with van der Waals surface area (Å²) in [6, 6.07) is -0.763. The molecule has 1 aliphatic heterocycles. The SMILES string of the molecule is COCC(C)NC(=O)NC(=O)CN1C[C@@H]2CCC[C@@]2(C(=O)O)C1. The lowest BCUT2D eigenvalue weighted by molar-refractivity contribution is -0.149. The van der Waals surface area contributed by atoms with E-state index in [1.54, 1.807) is 6.92 Å². The molecular formula is C15H25N3O5. The summed E-state index contributed by atoms with van der Waals surface area (Å²) in [5.41, 5.74) is -0.713. The van der Waals surface area contributed by atoms with Crippen LogP contribution in [0, 0.1) is 11.3 Å². The standard InChI is InChI=1S/C15H25N3O5/c1-10(8-23-2)16-14(22)17-12(19)7-18-6-11-4-3-5-15(11,9-18)13(20)21/h10-11H,3-9H2,1-2H3,(H,20,21)(H2,16,17,19,22)/t10?,11-,15+/m0/s1. The lowest BCUT2D eigenvalue weighted by atomic mass is 9.81. The highest BCUT2D eigenvalue weighted by molar-refractivity contribution is 5.95. The van der Waals surface area contributed by atoms with E-state index in [-0.39, 0.29) is 18.5 Å². The minimum Gasteiger partial charge on any atom is -0.481 e. The molecule has 3 N–H and O–H groups in total. The third-order valence-corrected chi connectivity index (χ3v) is 4.78. The molecule has 1 saturated heterocycles. The van der Waals surface area contributed by atoms with Crippen LogP contribution in [-0.2, 0) is 14.3 Å². The van der Waals surface area contributed by atoms with Crippen molar-refractivity contribution in [3.8, 4) is 0 Å². The van der Waals surface area contributed by atoms with Gasteiger partial charge in [0.25, 0.3) is 0 Å². The number of carboxylic acids is 1. The molecule has 0 bridgehead atoms. The molecule has 1 saturated carbocycles. The number of carbonyl (C=O) groups is 3. The maximum absolute atomic E-state index is 12.0. The molecule has 0 aromatic carbocycles. The number of rotatable bonds is 6. The molecule has 1 unspecified atom stereocenters. The lowest BCUT2D eigenvalue weighted by Crippen LogP contribution is -2.48. The fraction of sp³-hybridized carbons (Fsp3) is 0.800. The number of hydrogen-bond acceptors (Lipinski definition) is 5. The first kappa shape index (κ1) is 17.7. The van der Waals surface area contributed by atoms with Crippen molar-refractivity contribution in [3.63, 3.8) is 0 Å². The molecule has 1 heterocycles. The number of urea groups is 1. The van der Waals surface area contributed by atoms with Crippen LogP contribution in [0.2, 0.25) is 0 Å². The van der Waals surface area contributed by atoms with Gasteiger partial charge in [0.2, 0.25) is 5.91 Å². The van der Waals surface area contributed by atoms with Crippen molar-refractivity contribution < 1.29 is 24.2 Å². The van der Waals surface area contributed by atoms with Crippen molar-refractivity contribution in [1.29, 1.82) is 0 Å². The Morgan fingerprint density at radius 3 is 2.78 bits per heavy atom. The first-order valence-corrected chi connectivity index (χ1v) is 7.92. The predicted molar refractivity (Wildman–Crippen MR) is 81.9 cm³/mol. The maximum Gasteiger partial charge on any atom is 0.321 e. The van der Waals surface area contributed by atoms with Crippen molar-refractivity contribution in [1.82, 2.24) is 15.5 Å². The van der Waals surface area contributed by atoms with Crippen molar-refractivity contribution in [3.05, 3.63) is 0 Å². The Hall–Kier alpha value is -1.67. The van der Waals surface area contributed by atoms with E-state index >= 15 is 0 Å². The Bertz CT molecular complexity index is 484. The quantitative estimate of drug-likeness (QED) is 0.635. The van der Waals surface area contributed by atoms with Crippen LogP contribution in [0.15, 0.2) is 0 Å². The van der Waals surface area contributed by atoms with Gasteiger partial charge >= 0.3 is 12.0 Å². The van der Waals surface area contributed by atoms with Crippen LogP contribution in [0.5, 0.6) is 0 Å². The summed E-state index contributed by atoms with van der Waals surface area (Å²) >= 11 is 0. The highest BCUT2D eigenvalue weighted by Gasteiger charge is 2.54. The number of imide groups is 1. The number of carbonyl (C=O) groups excluding carboxylic acids is 2. The fourth-order valence-electron chi connectivity index (χ4n) is 3.78. The van der Waals surface area contributed by atoms with Crippen LogP contribution in [-0.4, -0.2) is 67.3 Å². The van der Waals surface area contributed by atoms with Gasteiger partial charge in [0.1, 0.15) is 0 Å². The number of ether oxygens (including phenoxy) is 1. The molecule has 3 atom stereocenters. The molecule has 2 fully saturated rings. The van der Waals surface area contributed by atoms with E-state index in [0.29, 0.717) is 26.1 Å². The zero-order valence-electron chi connectivity index (χ0n) is 13.6. The molecule has 1 aliphatic carbocycles. The molecule has 130 valence electrons. The van der Waals surface area contributed by atoms with Gasteiger partial charge in [0.15, 0.2) is 0 Å². The molecule has 2 rings (SSSR count). The number of aliphatic carboxylic acids is 1. The second-order valence-corrected chi connectivity index (χ2v) is 6.60. The van der Waals surface area contributed by atoms with Crippen molar-refractivity contribution in [2.75, 3.05) is 33.4 Å². The largest absolute Gasteiger partial charge is 0.481 e. The Labute approximate surface area is 135 Å². The summed E-state index contributed by atoms with van der Waals surface area (Å²) in [4.78, 5) is 37.0. The van der Waals surface area contributed by atoms with Crippen LogP contribution >= 0.6 is 0 Å². The monoisotopic (exact) mass is 327 g/mol. The van der Waals surface area contributed by atoms with E-state index in [9.17, 15) is 19.5 Å². The maximum atomic E-state index is 12.0. The summed E-state index contributed by atoms with van der Waals surface area (Å²) in [7, 11) is 1.53. The highest BCUT2D eigenvalue weighted by atomic mass is 16.5. The number of nitrogens with zero attached hydrogens (tertiary/aromatic N) is 1. The number of likely N-dealkylation sites (tertiary alicyclic amines) is 1. The molecular weight excluding hydrogens is 302 g/mol. The van der Waals surface area contributed by atoms with E-state index in [0.717, 1.165) is 12.8 Å². The molecule has 0 aromatic rings. The van der Waals surface area contributed by atoms with Gasteiger partial charge in [0.05, 0.1) is 24.6 Å². The zero-order chi connectivity index (χ0) is 17.0. The van der Waals surface area contributed by atoms with Gasteiger partial charge in [-0.05, 0) is 25.7 Å². The van der Waals surface area contributed by atoms with Crippen molar-refractivity contribution in [2.45, 2.75) is 32.2 Å². The molecule has 3 amide bonds. The number of methoxy groups -OCH3 is 1. The Morgan fingerprint density at radius 2 is 2.17 bits per heavy atom.